The summed E-state index contributed by atoms with van der Waals surface area (Å²) in [6.07, 6.45) is 1.74. The Morgan fingerprint density at radius 3 is 2.85 bits per heavy atom. The van der Waals surface area contributed by atoms with Crippen LogP contribution < -0.4 is 24.4 Å². The van der Waals surface area contributed by atoms with Crippen LogP contribution in [0.2, 0.25) is 5.02 Å². The molecule has 168 valence electrons. The molecule has 0 aliphatic carbocycles. The van der Waals surface area contributed by atoms with E-state index >= 15 is 0 Å². The fourth-order valence-corrected chi connectivity index (χ4v) is 5.15. The molecule has 2 aliphatic heterocycles. The van der Waals surface area contributed by atoms with Crippen molar-refractivity contribution in [2.24, 2.45) is 4.99 Å². The van der Waals surface area contributed by atoms with Crippen molar-refractivity contribution in [3.05, 3.63) is 89.6 Å². The summed E-state index contributed by atoms with van der Waals surface area (Å²) in [5.74, 6) is 0.661. The molecule has 0 radical (unpaired) electrons. The summed E-state index contributed by atoms with van der Waals surface area (Å²) < 4.78 is 18.3. The van der Waals surface area contributed by atoms with Gasteiger partial charge in [-0.25, -0.2) is 9.79 Å². The average molecular weight is 483 g/mol. The number of rotatable bonds is 4. The van der Waals surface area contributed by atoms with E-state index in [1.807, 2.05) is 24.3 Å². The summed E-state index contributed by atoms with van der Waals surface area (Å²) in [6, 6.07) is 12.0. The zero-order valence-electron chi connectivity index (χ0n) is 17.8. The lowest BCUT2D eigenvalue weighted by Gasteiger charge is -2.24. The van der Waals surface area contributed by atoms with E-state index < -0.39 is 12.0 Å². The lowest BCUT2D eigenvalue weighted by molar-refractivity contribution is -0.139. The molecule has 9 heteroatoms. The molecule has 5 rings (SSSR count). The van der Waals surface area contributed by atoms with Crippen molar-refractivity contribution in [1.29, 1.82) is 0 Å². The highest BCUT2D eigenvalue weighted by Crippen LogP contribution is 2.38. The maximum atomic E-state index is 13.6. The second-order valence-corrected chi connectivity index (χ2v) is 8.85. The molecule has 33 heavy (non-hydrogen) atoms. The maximum absolute atomic E-state index is 13.6. The number of thiazole rings is 1. The number of hydrogen-bond acceptors (Lipinski definition) is 7. The van der Waals surface area contributed by atoms with Gasteiger partial charge < -0.3 is 14.2 Å². The first-order valence-corrected chi connectivity index (χ1v) is 11.5. The van der Waals surface area contributed by atoms with Crippen molar-refractivity contribution in [1.82, 2.24) is 4.57 Å². The Balaban J connectivity index is 1.74. The average Bonchev–Trinajstić information content (AvgIpc) is 3.38. The van der Waals surface area contributed by atoms with Crippen LogP contribution >= 0.6 is 22.9 Å². The third kappa shape index (κ3) is 3.75. The van der Waals surface area contributed by atoms with Gasteiger partial charge in [0.15, 0.2) is 16.3 Å². The van der Waals surface area contributed by atoms with Crippen LogP contribution in [-0.2, 0) is 9.53 Å². The molecule has 0 N–H and O–H groups in total. The fraction of sp³-hybridized carbons (Fsp3) is 0.208. The van der Waals surface area contributed by atoms with Crippen molar-refractivity contribution in [2.75, 3.05) is 13.4 Å². The number of ether oxygens (including phenoxy) is 3. The molecule has 0 saturated carbocycles. The molecule has 2 aromatic carbocycles. The first-order valence-electron chi connectivity index (χ1n) is 10.3. The monoisotopic (exact) mass is 482 g/mol. The molecule has 0 bridgehead atoms. The van der Waals surface area contributed by atoms with Crippen LogP contribution in [0.15, 0.2) is 63.5 Å². The molecule has 0 fully saturated rings. The van der Waals surface area contributed by atoms with Crippen LogP contribution in [0, 0.1) is 0 Å². The van der Waals surface area contributed by atoms with Gasteiger partial charge in [-0.1, -0.05) is 47.2 Å². The molecular formula is C24H19ClN2O5S. The Bertz CT molecular complexity index is 1490. The van der Waals surface area contributed by atoms with E-state index in [4.69, 9.17) is 25.8 Å². The normalized spacial score (nSPS) is 17.1. The quantitative estimate of drug-likeness (QED) is 0.534. The smallest absolute Gasteiger partial charge is 0.338 e. The Kier molecular flexibility index (Phi) is 5.55. The number of nitrogens with zero attached hydrogens (tertiary/aromatic N) is 2. The van der Waals surface area contributed by atoms with E-state index in [9.17, 15) is 9.59 Å². The Morgan fingerprint density at radius 1 is 1.27 bits per heavy atom. The second kappa shape index (κ2) is 8.53. The van der Waals surface area contributed by atoms with Crippen molar-refractivity contribution >= 4 is 35.0 Å². The minimum absolute atomic E-state index is 0.124. The van der Waals surface area contributed by atoms with E-state index in [2.05, 4.69) is 4.99 Å². The molecule has 7 nitrogen and oxygen atoms in total. The van der Waals surface area contributed by atoms with Crippen molar-refractivity contribution in [3.8, 4) is 11.5 Å². The van der Waals surface area contributed by atoms with E-state index in [0.717, 1.165) is 5.56 Å². The number of aromatic nitrogens is 1. The second-order valence-electron chi connectivity index (χ2n) is 7.44. The van der Waals surface area contributed by atoms with Gasteiger partial charge in [0.1, 0.15) is 0 Å². The molecule has 3 aromatic rings. The van der Waals surface area contributed by atoms with Crippen LogP contribution in [-0.4, -0.2) is 23.9 Å². The maximum Gasteiger partial charge on any atom is 0.338 e. The highest BCUT2D eigenvalue weighted by molar-refractivity contribution is 7.07. The van der Waals surface area contributed by atoms with E-state index in [1.165, 1.54) is 15.9 Å². The van der Waals surface area contributed by atoms with E-state index in [1.54, 1.807) is 38.1 Å². The fourth-order valence-electron chi connectivity index (χ4n) is 3.92. The Morgan fingerprint density at radius 2 is 2.06 bits per heavy atom. The van der Waals surface area contributed by atoms with Gasteiger partial charge in [-0.3, -0.25) is 9.36 Å². The molecule has 0 spiro atoms. The standard InChI is InChI=1S/C24H19ClN2O5S/c1-3-30-23(29)20-13(2)26-24-27(21(20)15-8-9-17-18(10-15)32-12-31-17)22(28)19(33-24)11-14-6-4-5-7-16(14)25/h4-11,21H,3,12H2,1-2H3/b19-11+/t21-/m0/s1. The zero-order chi connectivity index (χ0) is 23.1. The van der Waals surface area contributed by atoms with Gasteiger partial charge in [0.05, 0.1) is 28.5 Å². The van der Waals surface area contributed by atoms with E-state index in [0.29, 0.717) is 42.7 Å². The van der Waals surface area contributed by atoms with Crippen LogP contribution in [0.1, 0.15) is 31.0 Å². The first kappa shape index (κ1) is 21.5. The number of benzene rings is 2. The number of allylic oxidation sites excluding steroid dienone is 1. The SMILES string of the molecule is CCOC(=O)C1=C(C)N=c2s/c(=C/c3ccccc3Cl)c(=O)n2[C@H]1c1ccc2c(c1)OCO2. The molecule has 0 saturated heterocycles. The number of carbonyl (C=O) groups is 1. The van der Waals surface area contributed by atoms with Gasteiger partial charge in [-0.05, 0) is 49.2 Å². The van der Waals surface area contributed by atoms with Gasteiger partial charge in [-0.2, -0.15) is 0 Å². The van der Waals surface area contributed by atoms with Crippen LogP contribution in [0.4, 0.5) is 0 Å². The molecule has 0 unspecified atom stereocenters. The Labute approximate surface area is 197 Å². The number of halogens is 1. The Hall–Kier alpha value is -3.36. The predicted molar refractivity (Wildman–Crippen MR) is 124 cm³/mol. The topological polar surface area (TPSA) is 79.1 Å². The van der Waals surface area contributed by atoms with Gasteiger partial charge in [-0.15, -0.1) is 0 Å². The minimum atomic E-state index is -0.719. The summed E-state index contributed by atoms with van der Waals surface area (Å²) in [5.41, 5.74) is 1.97. The third-order valence-corrected chi connectivity index (χ3v) is 6.75. The minimum Gasteiger partial charge on any atom is -0.463 e. The number of hydrogen-bond donors (Lipinski definition) is 0. The summed E-state index contributed by atoms with van der Waals surface area (Å²) in [4.78, 5) is 31.6. The summed E-state index contributed by atoms with van der Waals surface area (Å²) in [6.45, 7) is 3.82. The number of fused-ring (bicyclic) bond motifs is 2. The van der Waals surface area contributed by atoms with Crippen LogP contribution in [0.25, 0.3) is 6.08 Å². The largest absolute Gasteiger partial charge is 0.463 e. The molecule has 0 amide bonds. The lowest BCUT2D eigenvalue weighted by atomic mass is 9.95. The van der Waals surface area contributed by atoms with Gasteiger partial charge >= 0.3 is 5.97 Å². The molecule has 2 aliphatic rings. The third-order valence-electron chi connectivity index (χ3n) is 5.42. The zero-order valence-corrected chi connectivity index (χ0v) is 19.4. The molecule has 1 aromatic heterocycles. The van der Waals surface area contributed by atoms with Gasteiger partial charge in [0.2, 0.25) is 6.79 Å². The van der Waals surface area contributed by atoms with Gasteiger partial charge in [0, 0.05) is 5.02 Å². The van der Waals surface area contributed by atoms with Crippen molar-refractivity contribution in [2.45, 2.75) is 19.9 Å². The lowest BCUT2D eigenvalue weighted by Crippen LogP contribution is -2.39. The highest BCUT2D eigenvalue weighted by atomic mass is 35.5. The van der Waals surface area contributed by atoms with Crippen molar-refractivity contribution in [3.63, 3.8) is 0 Å². The molecule has 3 heterocycles. The molecule has 1 atom stereocenters. The first-order chi connectivity index (χ1) is 16.0. The molecular weight excluding hydrogens is 464 g/mol. The predicted octanol–water partition coefficient (Wildman–Crippen LogP) is 3.18. The van der Waals surface area contributed by atoms with E-state index in [-0.39, 0.29) is 19.0 Å². The highest BCUT2D eigenvalue weighted by Gasteiger charge is 2.34. The van der Waals surface area contributed by atoms with Crippen LogP contribution in [0.5, 0.6) is 11.5 Å². The number of esters is 1. The van der Waals surface area contributed by atoms with Gasteiger partial charge in [0.25, 0.3) is 5.56 Å². The summed E-state index contributed by atoms with van der Waals surface area (Å²) in [7, 11) is 0. The number of carbonyl (C=O) groups excluding carboxylic acids is 1. The summed E-state index contributed by atoms with van der Waals surface area (Å²) >= 11 is 7.55. The summed E-state index contributed by atoms with van der Waals surface area (Å²) in [5, 5.41) is 0.541. The van der Waals surface area contributed by atoms with Crippen LogP contribution in [0.3, 0.4) is 0 Å². The van der Waals surface area contributed by atoms with Crippen molar-refractivity contribution < 1.29 is 19.0 Å².